The fraction of sp³-hybridized carbons (Fsp3) is 0.417. The quantitative estimate of drug-likeness (QED) is 0.882. The van der Waals surface area contributed by atoms with Crippen LogP contribution in [0.2, 0.25) is 0 Å². The number of nitrogen functional groups attached to an aromatic ring is 1. The van der Waals surface area contributed by atoms with Crippen LogP contribution in [0.1, 0.15) is 31.1 Å². The first-order valence-electron chi connectivity index (χ1n) is 5.99. The zero-order valence-corrected chi connectivity index (χ0v) is 10.1. The fourth-order valence-corrected chi connectivity index (χ4v) is 2.29. The molecule has 0 unspecified atom stereocenters. The van der Waals surface area contributed by atoms with Gasteiger partial charge in [-0.25, -0.2) is 19.3 Å². The van der Waals surface area contributed by atoms with Crippen LogP contribution in [0.25, 0.3) is 11.4 Å². The predicted molar refractivity (Wildman–Crippen MR) is 65.2 cm³/mol. The van der Waals surface area contributed by atoms with Crippen molar-refractivity contribution in [3.05, 3.63) is 24.0 Å². The third-order valence-electron chi connectivity index (χ3n) is 3.43. The molecule has 2 heterocycles. The molecule has 0 amide bonds. The second kappa shape index (κ2) is 4.04. The average Bonchev–Trinajstić information content (AvgIpc) is 2.63. The normalized spacial score (nSPS) is 15.7. The van der Waals surface area contributed by atoms with Crippen LogP contribution in [0.4, 0.5) is 10.3 Å². The van der Waals surface area contributed by atoms with Crippen molar-refractivity contribution in [2.24, 2.45) is 0 Å². The van der Waals surface area contributed by atoms with Crippen LogP contribution in [0.5, 0.6) is 0 Å². The molecule has 6 heteroatoms. The Morgan fingerprint density at radius 2 is 2.11 bits per heavy atom. The lowest BCUT2D eigenvalue weighted by Gasteiger charge is -2.29. The molecule has 0 atom stereocenters. The summed E-state index contributed by atoms with van der Waals surface area (Å²) in [5.74, 6) is 0.487. The lowest BCUT2D eigenvalue weighted by molar-refractivity contribution is 0.311. The Kier molecular flexibility index (Phi) is 2.50. The Morgan fingerprint density at radius 3 is 2.78 bits per heavy atom. The van der Waals surface area contributed by atoms with Crippen molar-refractivity contribution < 1.29 is 4.39 Å². The number of nitrogens with zero attached hydrogens (tertiary/aromatic N) is 4. The van der Waals surface area contributed by atoms with E-state index in [4.69, 9.17) is 5.73 Å². The van der Waals surface area contributed by atoms with Gasteiger partial charge in [0, 0.05) is 6.04 Å². The average molecular weight is 247 g/mol. The molecule has 2 aromatic rings. The molecule has 1 saturated carbocycles. The van der Waals surface area contributed by atoms with Gasteiger partial charge in [0.2, 0.25) is 5.95 Å². The molecule has 2 N–H and O–H groups in total. The Morgan fingerprint density at radius 1 is 1.33 bits per heavy atom. The monoisotopic (exact) mass is 247 g/mol. The van der Waals surface area contributed by atoms with Gasteiger partial charge in [0.1, 0.15) is 11.5 Å². The number of hydrogen-bond acceptors (Lipinski definition) is 4. The highest BCUT2D eigenvalue weighted by molar-refractivity contribution is 5.56. The standard InChI is InChI=1S/C12H14FN5/c1-7-15-6-10(18(7)8-3-2-4-8)11-9(13)5-16-12(14)17-11/h5-6,8H,2-4H2,1H3,(H2,14,16,17). The maximum atomic E-state index is 13.8. The fourth-order valence-electron chi connectivity index (χ4n) is 2.29. The summed E-state index contributed by atoms with van der Waals surface area (Å²) < 4.78 is 15.9. The Balaban J connectivity index is 2.13. The molecule has 5 nitrogen and oxygen atoms in total. The van der Waals surface area contributed by atoms with Crippen molar-refractivity contribution in [3.63, 3.8) is 0 Å². The summed E-state index contributed by atoms with van der Waals surface area (Å²) in [7, 11) is 0. The molecule has 1 aliphatic rings. The molecule has 1 aliphatic carbocycles. The molecule has 0 aromatic carbocycles. The summed E-state index contributed by atoms with van der Waals surface area (Å²) in [6.45, 7) is 1.92. The first-order valence-corrected chi connectivity index (χ1v) is 5.99. The molecule has 3 rings (SSSR count). The Bertz CT molecular complexity index is 588. The smallest absolute Gasteiger partial charge is 0.220 e. The van der Waals surface area contributed by atoms with E-state index in [2.05, 4.69) is 15.0 Å². The summed E-state index contributed by atoms with van der Waals surface area (Å²) in [4.78, 5) is 11.9. The third kappa shape index (κ3) is 1.64. The maximum absolute atomic E-state index is 13.8. The van der Waals surface area contributed by atoms with E-state index in [1.807, 2.05) is 11.5 Å². The van der Waals surface area contributed by atoms with Gasteiger partial charge in [-0.05, 0) is 26.2 Å². The van der Waals surface area contributed by atoms with Crippen LogP contribution < -0.4 is 5.73 Å². The molecule has 0 bridgehead atoms. The van der Waals surface area contributed by atoms with Crippen molar-refractivity contribution in [2.45, 2.75) is 32.2 Å². The van der Waals surface area contributed by atoms with Crippen LogP contribution in [0.15, 0.2) is 12.4 Å². The zero-order chi connectivity index (χ0) is 12.7. The highest BCUT2D eigenvalue weighted by atomic mass is 19.1. The van der Waals surface area contributed by atoms with Crippen molar-refractivity contribution in [3.8, 4) is 11.4 Å². The van der Waals surface area contributed by atoms with Crippen molar-refractivity contribution in [2.75, 3.05) is 5.73 Å². The molecule has 0 aliphatic heterocycles. The Hall–Kier alpha value is -1.98. The lowest BCUT2D eigenvalue weighted by atomic mass is 9.92. The highest BCUT2D eigenvalue weighted by Crippen LogP contribution is 2.36. The van der Waals surface area contributed by atoms with Crippen LogP contribution in [0, 0.1) is 12.7 Å². The van der Waals surface area contributed by atoms with E-state index in [0.29, 0.717) is 11.7 Å². The van der Waals surface area contributed by atoms with E-state index < -0.39 is 5.82 Å². The van der Waals surface area contributed by atoms with Crippen molar-refractivity contribution in [1.29, 1.82) is 0 Å². The predicted octanol–water partition coefficient (Wildman–Crippen LogP) is 2.09. The van der Waals surface area contributed by atoms with Gasteiger partial charge >= 0.3 is 0 Å². The van der Waals surface area contributed by atoms with E-state index in [-0.39, 0.29) is 11.6 Å². The van der Waals surface area contributed by atoms with Crippen LogP contribution in [0.3, 0.4) is 0 Å². The summed E-state index contributed by atoms with van der Waals surface area (Å²) in [6.07, 6.45) is 6.17. The van der Waals surface area contributed by atoms with Crippen LogP contribution in [-0.4, -0.2) is 19.5 Å². The zero-order valence-electron chi connectivity index (χ0n) is 10.1. The Labute approximate surface area is 104 Å². The van der Waals surface area contributed by atoms with E-state index >= 15 is 0 Å². The van der Waals surface area contributed by atoms with E-state index in [0.717, 1.165) is 24.9 Å². The highest BCUT2D eigenvalue weighted by Gasteiger charge is 2.25. The number of aromatic nitrogens is 4. The van der Waals surface area contributed by atoms with Crippen LogP contribution in [-0.2, 0) is 0 Å². The SMILES string of the molecule is Cc1ncc(-c2nc(N)ncc2F)n1C1CCC1. The minimum absolute atomic E-state index is 0.0745. The summed E-state index contributed by atoms with van der Waals surface area (Å²) in [6, 6.07) is 0.401. The van der Waals surface area contributed by atoms with Gasteiger partial charge < -0.3 is 10.3 Å². The third-order valence-corrected chi connectivity index (χ3v) is 3.43. The van der Waals surface area contributed by atoms with Gasteiger partial charge in [0.15, 0.2) is 5.82 Å². The van der Waals surface area contributed by atoms with E-state index in [1.54, 1.807) is 6.20 Å². The number of aryl methyl sites for hydroxylation is 1. The van der Waals surface area contributed by atoms with Gasteiger partial charge in [-0.2, -0.15) is 0 Å². The van der Waals surface area contributed by atoms with Crippen molar-refractivity contribution >= 4 is 5.95 Å². The molecule has 0 spiro atoms. The van der Waals surface area contributed by atoms with Gasteiger partial charge in [0.25, 0.3) is 0 Å². The summed E-state index contributed by atoms with van der Waals surface area (Å²) >= 11 is 0. The molecule has 0 saturated heterocycles. The van der Waals surface area contributed by atoms with E-state index in [1.165, 1.54) is 6.42 Å². The first-order chi connectivity index (χ1) is 8.66. The molecular weight excluding hydrogens is 233 g/mol. The summed E-state index contributed by atoms with van der Waals surface area (Å²) in [5.41, 5.74) is 6.44. The van der Waals surface area contributed by atoms with Gasteiger partial charge in [-0.15, -0.1) is 0 Å². The van der Waals surface area contributed by atoms with E-state index in [9.17, 15) is 4.39 Å². The topological polar surface area (TPSA) is 69.6 Å². The first kappa shape index (κ1) is 11.1. The number of nitrogens with two attached hydrogens (primary N) is 1. The number of hydrogen-bond donors (Lipinski definition) is 1. The maximum Gasteiger partial charge on any atom is 0.220 e. The molecule has 94 valence electrons. The van der Waals surface area contributed by atoms with Gasteiger partial charge in [-0.1, -0.05) is 0 Å². The minimum atomic E-state index is -0.468. The number of halogens is 1. The number of anilines is 1. The molecular formula is C12H14FN5. The second-order valence-electron chi connectivity index (χ2n) is 4.57. The van der Waals surface area contributed by atoms with Gasteiger partial charge in [0.05, 0.1) is 18.1 Å². The molecule has 18 heavy (non-hydrogen) atoms. The van der Waals surface area contributed by atoms with Gasteiger partial charge in [-0.3, -0.25) is 0 Å². The number of rotatable bonds is 2. The minimum Gasteiger partial charge on any atom is -0.368 e. The largest absolute Gasteiger partial charge is 0.368 e. The molecule has 2 aromatic heterocycles. The molecule has 0 radical (unpaired) electrons. The lowest BCUT2D eigenvalue weighted by Crippen LogP contribution is -2.19. The van der Waals surface area contributed by atoms with Crippen LogP contribution >= 0.6 is 0 Å². The van der Waals surface area contributed by atoms with Crippen molar-refractivity contribution in [1.82, 2.24) is 19.5 Å². The number of imidazole rings is 1. The second-order valence-corrected chi connectivity index (χ2v) is 4.57. The summed E-state index contributed by atoms with van der Waals surface area (Å²) in [5, 5.41) is 0. The molecule has 1 fully saturated rings.